The number of aromatic nitrogens is 2. The maximum Gasteiger partial charge on any atom is 0.409 e. The average Bonchev–Trinajstić information content (AvgIpc) is 3.15. The summed E-state index contributed by atoms with van der Waals surface area (Å²) in [6, 6.07) is 5.64. The number of carbonyl (C=O) groups excluding carboxylic acids is 2. The monoisotopic (exact) mass is 472 g/mol. The van der Waals surface area contributed by atoms with Crippen molar-refractivity contribution in [3.05, 3.63) is 41.2 Å². The summed E-state index contributed by atoms with van der Waals surface area (Å²) in [5.74, 6) is -0.0384. The maximum absolute atomic E-state index is 13.0. The third-order valence-corrected chi connectivity index (χ3v) is 5.87. The number of anilines is 2. The van der Waals surface area contributed by atoms with Crippen molar-refractivity contribution in [2.24, 2.45) is 0 Å². The van der Waals surface area contributed by atoms with Crippen LogP contribution in [-0.2, 0) is 9.53 Å². The van der Waals surface area contributed by atoms with Crippen molar-refractivity contribution in [2.75, 3.05) is 43.4 Å². The van der Waals surface area contributed by atoms with Crippen molar-refractivity contribution in [3.63, 3.8) is 0 Å². The second kappa shape index (κ2) is 10.7. The number of hydrogen-bond acceptors (Lipinski definition) is 5. The first-order valence-electron chi connectivity index (χ1n) is 11.1. The molecule has 2 amide bonds. The molecule has 1 atom stereocenters. The Hall–Kier alpha value is -3.14. The van der Waals surface area contributed by atoms with E-state index >= 15 is 0 Å². The van der Waals surface area contributed by atoms with Crippen molar-refractivity contribution >= 4 is 40.7 Å². The van der Waals surface area contributed by atoms with Gasteiger partial charge < -0.3 is 25.2 Å². The second-order valence-electron chi connectivity index (χ2n) is 8.19. The molecule has 1 fully saturated rings. The zero-order valence-corrected chi connectivity index (χ0v) is 20.7. The molecule has 0 aliphatic carbocycles. The molecule has 1 unspecified atom stereocenters. The van der Waals surface area contributed by atoms with Crippen LogP contribution in [0, 0.1) is 20.8 Å². The number of aryl methyl sites for hydroxylation is 3. The van der Waals surface area contributed by atoms with Crippen LogP contribution < -0.4 is 10.6 Å². The van der Waals surface area contributed by atoms with Crippen molar-refractivity contribution < 1.29 is 14.3 Å². The smallest absolute Gasteiger partial charge is 0.409 e. The topological polar surface area (TPSA) is 91.7 Å². The molecular formula is C23H32N6O3S. The number of nitrogens with zero attached hydrogens (tertiary/aromatic N) is 4. The molecule has 1 aliphatic rings. The highest BCUT2D eigenvalue weighted by Crippen LogP contribution is 2.20. The second-order valence-corrected chi connectivity index (χ2v) is 8.60. The van der Waals surface area contributed by atoms with Crippen LogP contribution in [0.3, 0.4) is 0 Å². The van der Waals surface area contributed by atoms with Crippen LogP contribution >= 0.6 is 12.2 Å². The highest BCUT2D eigenvalue weighted by molar-refractivity contribution is 7.80. The summed E-state index contributed by atoms with van der Waals surface area (Å²) in [6.45, 7) is 11.7. The van der Waals surface area contributed by atoms with Gasteiger partial charge in [0.1, 0.15) is 6.04 Å². The molecule has 9 nitrogen and oxygen atoms in total. The Morgan fingerprint density at radius 1 is 1.09 bits per heavy atom. The fourth-order valence-electron chi connectivity index (χ4n) is 3.73. The van der Waals surface area contributed by atoms with Gasteiger partial charge in [-0.1, -0.05) is 17.7 Å². The lowest BCUT2D eigenvalue weighted by Gasteiger charge is -2.35. The largest absolute Gasteiger partial charge is 0.450 e. The van der Waals surface area contributed by atoms with Gasteiger partial charge in [0.2, 0.25) is 5.91 Å². The van der Waals surface area contributed by atoms with E-state index in [1.807, 2.05) is 39.8 Å². The number of nitrogens with one attached hydrogen (secondary N) is 2. The molecule has 1 aromatic carbocycles. The number of piperazine rings is 1. The van der Waals surface area contributed by atoms with E-state index in [2.05, 4.69) is 21.8 Å². The average molecular weight is 473 g/mol. The van der Waals surface area contributed by atoms with E-state index < -0.39 is 6.04 Å². The van der Waals surface area contributed by atoms with Crippen LogP contribution in [0.5, 0.6) is 0 Å². The molecule has 1 aliphatic heterocycles. The van der Waals surface area contributed by atoms with Gasteiger partial charge in [-0.2, -0.15) is 5.10 Å². The first kappa shape index (κ1) is 24.5. The molecule has 0 bridgehead atoms. The number of amides is 2. The molecule has 1 saturated heterocycles. The maximum atomic E-state index is 13.0. The van der Waals surface area contributed by atoms with E-state index in [1.165, 1.54) is 5.56 Å². The molecule has 2 aromatic rings. The van der Waals surface area contributed by atoms with Gasteiger partial charge in [0.05, 0.1) is 18.0 Å². The minimum Gasteiger partial charge on any atom is -0.450 e. The van der Waals surface area contributed by atoms with Gasteiger partial charge in [-0.25, -0.2) is 4.79 Å². The standard InChI is InChI=1S/C23H32N6O3S/c1-6-32-23(31)28-11-9-27(10-12-28)21(30)18(5)29-14-20(17(4)26-29)25-22(33)24-19-8-7-15(2)13-16(19)3/h7-8,13-14,18H,6,9-12H2,1-5H3,(H2,24,25,33). The minimum absolute atomic E-state index is 0.0384. The summed E-state index contributed by atoms with van der Waals surface area (Å²) in [5.41, 5.74) is 4.72. The predicted octanol–water partition coefficient (Wildman–Crippen LogP) is 3.48. The molecule has 178 valence electrons. The first-order chi connectivity index (χ1) is 15.7. The zero-order chi connectivity index (χ0) is 24.1. The molecule has 0 spiro atoms. The summed E-state index contributed by atoms with van der Waals surface area (Å²) in [7, 11) is 0. The molecule has 0 radical (unpaired) electrons. The predicted molar refractivity (Wildman–Crippen MR) is 133 cm³/mol. The SMILES string of the molecule is CCOC(=O)N1CCN(C(=O)C(C)n2cc(NC(=S)Nc3ccc(C)cc3C)c(C)n2)CC1. The molecular weight excluding hydrogens is 440 g/mol. The zero-order valence-electron chi connectivity index (χ0n) is 19.8. The van der Waals surface area contributed by atoms with Crippen LogP contribution in [-0.4, -0.2) is 69.5 Å². The van der Waals surface area contributed by atoms with Gasteiger partial charge in [-0.3, -0.25) is 9.48 Å². The van der Waals surface area contributed by atoms with Crippen LogP contribution in [0.2, 0.25) is 0 Å². The van der Waals surface area contributed by atoms with Crippen molar-refractivity contribution in [3.8, 4) is 0 Å². The fraction of sp³-hybridized carbons (Fsp3) is 0.478. The van der Waals surface area contributed by atoms with Gasteiger partial charge in [-0.15, -0.1) is 0 Å². The lowest BCUT2D eigenvalue weighted by atomic mass is 10.1. The third kappa shape index (κ3) is 6.01. The number of thiocarbonyl (C=S) groups is 1. The Morgan fingerprint density at radius 2 is 1.73 bits per heavy atom. The quantitative estimate of drug-likeness (QED) is 0.644. The number of benzene rings is 1. The molecule has 2 heterocycles. The van der Waals surface area contributed by atoms with Gasteiger partial charge >= 0.3 is 6.09 Å². The fourth-order valence-corrected chi connectivity index (χ4v) is 3.95. The third-order valence-electron chi connectivity index (χ3n) is 5.67. The van der Waals surface area contributed by atoms with Crippen molar-refractivity contribution in [2.45, 2.75) is 40.7 Å². The Balaban J connectivity index is 1.59. The number of rotatable bonds is 5. The Morgan fingerprint density at radius 3 is 2.36 bits per heavy atom. The lowest BCUT2D eigenvalue weighted by Crippen LogP contribution is -2.52. The van der Waals surface area contributed by atoms with Gasteiger partial charge in [0.25, 0.3) is 0 Å². The van der Waals surface area contributed by atoms with E-state index in [-0.39, 0.29) is 12.0 Å². The van der Waals surface area contributed by atoms with Gasteiger partial charge in [0, 0.05) is 38.1 Å². The van der Waals surface area contributed by atoms with E-state index in [1.54, 1.807) is 27.6 Å². The molecule has 33 heavy (non-hydrogen) atoms. The van der Waals surface area contributed by atoms with Crippen molar-refractivity contribution in [1.29, 1.82) is 0 Å². The van der Waals surface area contributed by atoms with E-state index in [4.69, 9.17) is 17.0 Å². The molecule has 1 aromatic heterocycles. The highest BCUT2D eigenvalue weighted by Gasteiger charge is 2.29. The number of ether oxygens (including phenoxy) is 1. The van der Waals surface area contributed by atoms with Crippen LogP contribution in [0.4, 0.5) is 16.2 Å². The van der Waals surface area contributed by atoms with Crippen molar-refractivity contribution in [1.82, 2.24) is 19.6 Å². The van der Waals surface area contributed by atoms with Crippen LogP contribution in [0.25, 0.3) is 0 Å². The Labute approximate surface area is 200 Å². The lowest BCUT2D eigenvalue weighted by molar-refractivity contribution is -0.136. The van der Waals surface area contributed by atoms with E-state index in [9.17, 15) is 9.59 Å². The number of carbonyl (C=O) groups is 2. The molecule has 3 rings (SSSR count). The Bertz CT molecular complexity index is 1030. The van der Waals surface area contributed by atoms with E-state index in [0.29, 0.717) is 37.9 Å². The highest BCUT2D eigenvalue weighted by atomic mass is 32.1. The van der Waals surface area contributed by atoms with Crippen LogP contribution in [0.1, 0.15) is 36.7 Å². The van der Waals surface area contributed by atoms with Crippen LogP contribution in [0.15, 0.2) is 24.4 Å². The summed E-state index contributed by atoms with van der Waals surface area (Å²) >= 11 is 5.47. The first-order valence-corrected chi connectivity index (χ1v) is 11.5. The summed E-state index contributed by atoms with van der Waals surface area (Å²) in [6.07, 6.45) is 1.46. The van der Waals surface area contributed by atoms with E-state index in [0.717, 1.165) is 22.6 Å². The molecule has 0 saturated carbocycles. The Kier molecular flexibility index (Phi) is 7.91. The van der Waals surface area contributed by atoms with Gasteiger partial charge in [0.15, 0.2) is 5.11 Å². The summed E-state index contributed by atoms with van der Waals surface area (Å²) < 4.78 is 6.69. The minimum atomic E-state index is -0.478. The molecule has 2 N–H and O–H groups in total. The number of hydrogen-bond donors (Lipinski definition) is 2. The molecule has 10 heteroatoms. The summed E-state index contributed by atoms with van der Waals surface area (Å²) in [4.78, 5) is 28.3. The normalized spacial score (nSPS) is 14.6. The summed E-state index contributed by atoms with van der Waals surface area (Å²) in [5, 5.41) is 11.4. The van der Waals surface area contributed by atoms with Gasteiger partial charge in [-0.05, 0) is 58.5 Å².